The Hall–Kier alpha value is -2.28. The largest absolute Gasteiger partial charge is 0.481 e. The van der Waals surface area contributed by atoms with Crippen molar-refractivity contribution in [1.82, 2.24) is 9.97 Å². The average molecular weight is 427 g/mol. The van der Waals surface area contributed by atoms with Gasteiger partial charge in [0.05, 0.1) is 17.1 Å². The van der Waals surface area contributed by atoms with E-state index in [0.29, 0.717) is 17.7 Å². The maximum atomic E-state index is 12.2. The fraction of sp³-hybridized carbons (Fsp3) is 0.500. The van der Waals surface area contributed by atoms with E-state index in [1.54, 1.807) is 12.3 Å². The molecule has 0 saturated heterocycles. The van der Waals surface area contributed by atoms with Crippen molar-refractivity contribution in [3.63, 3.8) is 0 Å². The second-order valence-electron chi connectivity index (χ2n) is 4.48. The molecule has 29 heavy (non-hydrogen) atoms. The normalized spacial score (nSPS) is 8.97. The van der Waals surface area contributed by atoms with Crippen molar-refractivity contribution in [3.8, 4) is 0 Å². The molecule has 0 amide bonds. The fourth-order valence-electron chi connectivity index (χ4n) is 1.81. The van der Waals surface area contributed by atoms with E-state index in [4.69, 9.17) is 5.11 Å². The second kappa shape index (κ2) is 20.5. The Morgan fingerprint density at radius 1 is 0.897 bits per heavy atom. The van der Waals surface area contributed by atoms with E-state index in [9.17, 15) is 13.2 Å². The number of carboxylic acids is 1. The highest BCUT2D eigenvalue weighted by Crippen LogP contribution is 2.14. The van der Waals surface area contributed by atoms with Gasteiger partial charge in [-0.25, -0.2) is 18.4 Å². The van der Waals surface area contributed by atoms with Crippen LogP contribution in [0.1, 0.15) is 66.6 Å². The van der Waals surface area contributed by atoms with E-state index in [0.717, 1.165) is 0 Å². The van der Waals surface area contributed by atoms with Crippen molar-refractivity contribution in [2.75, 3.05) is 5.75 Å². The first kappa shape index (κ1) is 31.4. The molecule has 166 valence electrons. The number of carboxylic acid groups (broad SMARTS) is 1. The summed E-state index contributed by atoms with van der Waals surface area (Å²) in [7, 11) is -3.41. The molecule has 7 heteroatoms. The number of aryl methyl sites for hydroxylation is 1. The molecule has 0 fully saturated rings. The molecule has 0 bridgehead atoms. The van der Waals surface area contributed by atoms with Crippen LogP contribution in [0.25, 0.3) is 0 Å². The summed E-state index contributed by atoms with van der Waals surface area (Å²) in [6.07, 6.45) is 3.13. The number of rotatable bonds is 6. The number of sulfone groups is 1. The third kappa shape index (κ3) is 14.4. The molecule has 0 aliphatic carbocycles. The highest BCUT2D eigenvalue weighted by molar-refractivity contribution is 7.91. The minimum absolute atomic E-state index is 0.0533. The maximum absolute atomic E-state index is 12.2. The summed E-state index contributed by atoms with van der Waals surface area (Å²) < 4.78 is 24.4. The summed E-state index contributed by atoms with van der Waals surface area (Å²) in [5, 5.41) is 8.68. The number of aliphatic carboxylic acids is 1. The molecule has 1 N–H and O–H groups in total. The Bertz CT molecular complexity index is 716. The van der Waals surface area contributed by atoms with Gasteiger partial charge in [-0.15, -0.1) is 0 Å². The highest BCUT2D eigenvalue weighted by Gasteiger charge is 2.15. The molecule has 0 unspecified atom stereocenters. The molecule has 2 rings (SSSR count). The van der Waals surface area contributed by atoms with Gasteiger partial charge in [-0.3, -0.25) is 4.79 Å². The summed E-state index contributed by atoms with van der Waals surface area (Å²) in [5.74, 6) is -1.00. The third-order valence-corrected chi connectivity index (χ3v) is 4.64. The summed E-state index contributed by atoms with van der Waals surface area (Å²) in [6.45, 7) is 16.0. The molecule has 6 nitrogen and oxygen atoms in total. The standard InChI is InChI=1S/C14H14N2O4S.4C2H6/c17-14(18)9-11-1-3-13(4-2-11)21(19,20)8-6-12-5-7-15-10-16-12;4*1-2/h1-5,7,10H,6,8-9H2,(H,17,18);4*1-2H3. The van der Waals surface area contributed by atoms with Crippen LogP contribution in [-0.4, -0.2) is 35.2 Å². The number of nitrogens with zero attached hydrogens (tertiary/aromatic N) is 2. The summed E-state index contributed by atoms with van der Waals surface area (Å²) in [4.78, 5) is 18.5. The quantitative estimate of drug-likeness (QED) is 0.679. The van der Waals surface area contributed by atoms with Crippen LogP contribution < -0.4 is 0 Å². The van der Waals surface area contributed by atoms with Crippen molar-refractivity contribution >= 4 is 15.8 Å². The molecular formula is C22H38N2O4S. The van der Waals surface area contributed by atoms with Crippen molar-refractivity contribution < 1.29 is 18.3 Å². The first-order chi connectivity index (χ1) is 14.0. The molecule has 2 aromatic rings. The van der Waals surface area contributed by atoms with E-state index < -0.39 is 15.8 Å². The SMILES string of the molecule is CC.CC.CC.CC.O=C(O)Cc1ccc(S(=O)(=O)CCc2ccncn2)cc1. The average Bonchev–Trinajstić information content (AvgIpc) is 2.79. The molecular weight excluding hydrogens is 388 g/mol. The van der Waals surface area contributed by atoms with E-state index >= 15 is 0 Å². The lowest BCUT2D eigenvalue weighted by Crippen LogP contribution is -2.10. The molecule has 0 saturated carbocycles. The molecule has 0 aliphatic rings. The topological polar surface area (TPSA) is 97.2 Å². The zero-order valence-corrected chi connectivity index (χ0v) is 20.0. The minimum Gasteiger partial charge on any atom is -0.481 e. The first-order valence-corrected chi connectivity index (χ1v) is 11.9. The van der Waals surface area contributed by atoms with Crippen molar-refractivity contribution in [3.05, 3.63) is 54.1 Å². The van der Waals surface area contributed by atoms with E-state index in [2.05, 4.69) is 9.97 Å². The number of hydrogen-bond acceptors (Lipinski definition) is 5. The molecule has 0 aliphatic heterocycles. The molecule has 0 radical (unpaired) electrons. The fourth-order valence-corrected chi connectivity index (χ4v) is 3.08. The van der Waals surface area contributed by atoms with Crippen LogP contribution in [0.4, 0.5) is 0 Å². The van der Waals surface area contributed by atoms with Crippen molar-refractivity contribution in [2.24, 2.45) is 0 Å². The Morgan fingerprint density at radius 2 is 1.41 bits per heavy atom. The van der Waals surface area contributed by atoms with Crippen LogP contribution in [0.15, 0.2) is 47.8 Å². The second-order valence-corrected chi connectivity index (χ2v) is 6.59. The summed E-state index contributed by atoms with van der Waals surface area (Å²) >= 11 is 0. The van der Waals surface area contributed by atoms with Crippen LogP contribution in [-0.2, 0) is 27.5 Å². The van der Waals surface area contributed by atoms with Gasteiger partial charge in [0.2, 0.25) is 0 Å². The first-order valence-electron chi connectivity index (χ1n) is 10.3. The van der Waals surface area contributed by atoms with Gasteiger partial charge in [-0.05, 0) is 23.8 Å². The zero-order valence-electron chi connectivity index (χ0n) is 19.1. The maximum Gasteiger partial charge on any atom is 0.307 e. The molecule has 1 aromatic carbocycles. The monoisotopic (exact) mass is 426 g/mol. The summed E-state index contributed by atoms with van der Waals surface area (Å²) in [6, 6.07) is 7.59. The van der Waals surface area contributed by atoms with Gasteiger partial charge >= 0.3 is 5.97 Å². The van der Waals surface area contributed by atoms with Gasteiger partial charge in [0.25, 0.3) is 0 Å². The molecule has 1 heterocycles. The lowest BCUT2D eigenvalue weighted by atomic mass is 10.2. The zero-order chi connectivity index (χ0) is 23.3. The predicted octanol–water partition coefficient (Wildman–Crippen LogP) is 5.22. The lowest BCUT2D eigenvalue weighted by molar-refractivity contribution is -0.136. The summed E-state index contributed by atoms with van der Waals surface area (Å²) in [5.41, 5.74) is 1.23. The Balaban J connectivity index is -0.000000754. The molecule has 0 atom stereocenters. The molecule has 1 aromatic heterocycles. The lowest BCUT2D eigenvalue weighted by Gasteiger charge is -2.05. The van der Waals surface area contributed by atoms with Crippen LogP contribution >= 0.6 is 0 Å². The highest BCUT2D eigenvalue weighted by atomic mass is 32.2. The Kier molecular flexibility index (Phi) is 22.2. The third-order valence-electron chi connectivity index (χ3n) is 2.91. The van der Waals surface area contributed by atoms with Crippen LogP contribution in [0.3, 0.4) is 0 Å². The van der Waals surface area contributed by atoms with E-state index in [-0.39, 0.29) is 17.1 Å². The van der Waals surface area contributed by atoms with Crippen LogP contribution in [0.5, 0.6) is 0 Å². The Morgan fingerprint density at radius 3 is 1.83 bits per heavy atom. The van der Waals surface area contributed by atoms with E-state index in [1.165, 1.54) is 30.6 Å². The van der Waals surface area contributed by atoms with Crippen LogP contribution in [0.2, 0.25) is 0 Å². The van der Waals surface area contributed by atoms with Crippen molar-refractivity contribution in [1.29, 1.82) is 0 Å². The van der Waals surface area contributed by atoms with Crippen LogP contribution in [0, 0.1) is 0 Å². The van der Waals surface area contributed by atoms with Crippen molar-refractivity contribution in [2.45, 2.75) is 73.1 Å². The number of aromatic nitrogens is 2. The Labute approximate surface area is 177 Å². The predicted molar refractivity (Wildman–Crippen MR) is 121 cm³/mol. The van der Waals surface area contributed by atoms with Gasteiger partial charge in [-0.2, -0.15) is 0 Å². The van der Waals surface area contributed by atoms with Gasteiger partial charge in [0, 0.05) is 18.3 Å². The van der Waals surface area contributed by atoms with Gasteiger partial charge in [0.15, 0.2) is 9.84 Å². The minimum atomic E-state index is -3.41. The number of benzene rings is 1. The van der Waals surface area contributed by atoms with Gasteiger partial charge in [-0.1, -0.05) is 67.5 Å². The van der Waals surface area contributed by atoms with E-state index in [1.807, 2.05) is 55.4 Å². The number of hydrogen-bond donors (Lipinski definition) is 1. The van der Waals surface area contributed by atoms with Gasteiger partial charge in [0.1, 0.15) is 6.33 Å². The molecule has 0 spiro atoms. The smallest absolute Gasteiger partial charge is 0.307 e. The van der Waals surface area contributed by atoms with Gasteiger partial charge < -0.3 is 5.11 Å². The number of carbonyl (C=O) groups is 1.